The number of anilines is 2. The smallest absolute Gasteiger partial charge is 0.264 e. The van der Waals surface area contributed by atoms with Crippen LogP contribution in [0.3, 0.4) is 0 Å². The Morgan fingerprint density at radius 3 is 2.48 bits per heavy atom. The molecule has 1 saturated heterocycles. The highest BCUT2D eigenvalue weighted by atomic mass is 32.2. The van der Waals surface area contributed by atoms with Crippen molar-refractivity contribution in [3.63, 3.8) is 0 Å². The minimum absolute atomic E-state index is 0.000715. The topological polar surface area (TPSA) is 114 Å². The van der Waals surface area contributed by atoms with Gasteiger partial charge in [-0.15, -0.1) is 0 Å². The number of ether oxygens (including phenoxy) is 1. The van der Waals surface area contributed by atoms with Crippen LogP contribution in [0.1, 0.15) is 44.7 Å². The first kappa shape index (κ1) is 28.0. The average molecular weight is 564 g/mol. The Hall–Kier alpha value is -3.50. The Morgan fingerprint density at radius 2 is 1.75 bits per heavy atom. The predicted octanol–water partition coefficient (Wildman–Crippen LogP) is 5.02. The van der Waals surface area contributed by atoms with Gasteiger partial charge in [0.2, 0.25) is 17.7 Å². The molecule has 0 spiro atoms. The van der Waals surface area contributed by atoms with Gasteiger partial charge in [-0.05, 0) is 68.0 Å². The van der Waals surface area contributed by atoms with Crippen LogP contribution in [0.2, 0.25) is 0 Å². The molecule has 2 aliphatic rings. The van der Waals surface area contributed by atoms with Gasteiger partial charge in [0.1, 0.15) is 6.10 Å². The van der Waals surface area contributed by atoms with E-state index in [9.17, 15) is 13.2 Å². The molecule has 0 radical (unpaired) electrons. The Bertz CT molecular complexity index is 1510. The molecule has 212 valence electrons. The molecule has 0 saturated carbocycles. The highest BCUT2D eigenvalue weighted by Crippen LogP contribution is 2.32. The lowest BCUT2D eigenvalue weighted by atomic mass is 9.90. The Labute approximate surface area is 236 Å². The maximum absolute atomic E-state index is 13.4. The minimum Gasteiger partial charge on any atom is -0.473 e. The number of fused-ring (bicyclic) bond motifs is 6. The van der Waals surface area contributed by atoms with Crippen molar-refractivity contribution in [3.05, 3.63) is 59.7 Å². The molecule has 1 aromatic heterocycles. The summed E-state index contributed by atoms with van der Waals surface area (Å²) in [6.07, 6.45) is 1.18. The summed E-state index contributed by atoms with van der Waals surface area (Å²) in [7, 11) is -4.04. The molecule has 1 fully saturated rings. The number of piperidine rings is 1. The third-order valence-corrected chi connectivity index (χ3v) is 8.73. The van der Waals surface area contributed by atoms with Crippen molar-refractivity contribution in [2.45, 2.75) is 58.5 Å². The van der Waals surface area contributed by atoms with Gasteiger partial charge in [-0.25, -0.2) is 18.1 Å². The fourth-order valence-electron chi connectivity index (χ4n) is 5.30. The number of carbonyl (C=O) groups is 1. The quantitative estimate of drug-likeness (QED) is 0.460. The SMILES string of the molecule is Cc1cccc(C)c1-c1cc2nc(n1)NS(=O)(=O)c1cccc(c1)NC(=O)[C@H]1C[C@@H](CN(CCC(C)(C)C)C1)O2. The van der Waals surface area contributed by atoms with Gasteiger partial charge < -0.3 is 10.1 Å². The second kappa shape index (κ2) is 10.8. The van der Waals surface area contributed by atoms with Crippen LogP contribution in [0.15, 0.2) is 53.4 Å². The number of rotatable bonds is 3. The number of hydrogen-bond acceptors (Lipinski definition) is 7. The van der Waals surface area contributed by atoms with Crippen LogP contribution < -0.4 is 14.8 Å². The number of amides is 1. The van der Waals surface area contributed by atoms with Crippen molar-refractivity contribution in [3.8, 4) is 17.1 Å². The molecule has 0 unspecified atom stereocenters. The maximum Gasteiger partial charge on any atom is 0.264 e. The molecule has 1 amide bonds. The fourth-order valence-corrected chi connectivity index (χ4v) is 6.29. The molecule has 5 rings (SSSR count). The molecule has 2 aromatic carbocycles. The van der Waals surface area contributed by atoms with E-state index in [1.165, 1.54) is 12.1 Å². The van der Waals surface area contributed by atoms with E-state index in [2.05, 4.69) is 45.7 Å². The van der Waals surface area contributed by atoms with Gasteiger partial charge in [-0.3, -0.25) is 9.69 Å². The minimum atomic E-state index is -4.04. The first-order valence-electron chi connectivity index (χ1n) is 13.6. The molecular weight excluding hydrogens is 526 g/mol. The summed E-state index contributed by atoms with van der Waals surface area (Å²) in [5, 5.41) is 2.93. The lowest BCUT2D eigenvalue weighted by molar-refractivity contribution is -0.123. The molecular formula is C30H37N5O4S. The van der Waals surface area contributed by atoms with E-state index < -0.39 is 10.0 Å². The molecule has 40 heavy (non-hydrogen) atoms. The number of carbonyl (C=O) groups excluding carboxylic acids is 1. The molecule has 2 atom stereocenters. The number of sulfonamides is 1. The van der Waals surface area contributed by atoms with Crippen LogP contribution in [0.5, 0.6) is 5.88 Å². The molecule has 6 bridgehead atoms. The van der Waals surface area contributed by atoms with E-state index in [1.807, 2.05) is 32.0 Å². The van der Waals surface area contributed by atoms with E-state index >= 15 is 0 Å². The number of aromatic nitrogens is 2. The van der Waals surface area contributed by atoms with E-state index in [0.717, 1.165) is 29.7 Å². The second-order valence-electron chi connectivity index (χ2n) is 12.0. The highest BCUT2D eigenvalue weighted by molar-refractivity contribution is 7.92. The van der Waals surface area contributed by atoms with Crippen LogP contribution in [-0.2, 0) is 14.8 Å². The van der Waals surface area contributed by atoms with Crippen molar-refractivity contribution in [2.24, 2.45) is 11.3 Å². The average Bonchev–Trinajstić information content (AvgIpc) is 2.86. The molecule has 10 heteroatoms. The van der Waals surface area contributed by atoms with Crippen LogP contribution >= 0.6 is 0 Å². The van der Waals surface area contributed by atoms with E-state index in [0.29, 0.717) is 30.9 Å². The summed E-state index contributed by atoms with van der Waals surface area (Å²) in [6.45, 7) is 12.7. The van der Waals surface area contributed by atoms with E-state index in [-0.39, 0.29) is 40.1 Å². The van der Waals surface area contributed by atoms with Gasteiger partial charge >= 0.3 is 0 Å². The van der Waals surface area contributed by atoms with Crippen LogP contribution in [0, 0.1) is 25.2 Å². The van der Waals surface area contributed by atoms with Gasteiger partial charge in [0, 0.05) is 30.4 Å². The highest BCUT2D eigenvalue weighted by Gasteiger charge is 2.34. The second-order valence-corrected chi connectivity index (χ2v) is 13.7. The van der Waals surface area contributed by atoms with Crippen molar-refractivity contribution in [1.29, 1.82) is 0 Å². The summed E-state index contributed by atoms with van der Waals surface area (Å²) in [4.78, 5) is 24.8. The summed E-state index contributed by atoms with van der Waals surface area (Å²) < 4.78 is 35.7. The molecule has 2 aliphatic heterocycles. The fraction of sp³-hybridized carbons (Fsp3) is 0.433. The normalized spacial score (nSPS) is 21.0. The number of hydrogen-bond donors (Lipinski definition) is 2. The van der Waals surface area contributed by atoms with Gasteiger partial charge in [-0.2, -0.15) is 4.98 Å². The van der Waals surface area contributed by atoms with E-state index in [1.54, 1.807) is 18.2 Å². The largest absolute Gasteiger partial charge is 0.473 e. The summed E-state index contributed by atoms with van der Waals surface area (Å²) in [5.41, 5.74) is 4.04. The number of likely N-dealkylation sites (tertiary alicyclic amines) is 1. The van der Waals surface area contributed by atoms with Crippen molar-refractivity contribution >= 4 is 27.6 Å². The first-order chi connectivity index (χ1) is 18.9. The number of aryl methyl sites for hydroxylation is 2. The van der Waals surface area contributed by atoms with Crippen molar-refractivity contribution in [1.82, 2.24) is 14.9 Å². The zero-order valence-electron chi connectivity index (χ0n) is 23.7. The summed E-state index contributed by atoms with van der Waals surface area (Å²) in [6, 6.07) is 13.9. The maximum atomic E-state index is 13.4. The Morgan fingerprint density at radius 1 is 1.02 bits per heavy atom. The number of nitrogens with zero attached hydrogens (tertiary/aromatic N) is 3. The third kappa shape index (κ3) is 6.45. The van der Waals surface area contributed by atoms with E-state index in [4.69, 9.17) is 4.74 Å². The number of benzene rings is 2. The Kier molecular flexibility index (Phi) is 7.58. The monoisotopic (exact) mass is 563 g/mol. The molecule has 3 aromatic rings. The van der Waals surface area contributed by atoms with Crippen molar-refractivity contribution < 1.29 is 17.9 Å². The summed E-state index contributed by atoms with van der Waals surface area (Å²) in [5.74, 6) is -0.302. The lowest BCUT2D eigenvalue weighted by Crippen LogP contribution is -2.49. The zero-order chi connectivity index (χ0) is 28.7. The number of nitrogens with one attached hydrogen (secondary N) is 2. The first-order valence-corrected chi connectivity index (χ1v) is 15.1. The van der Waals surface area contributed by atoms with Gasteiger partial charge in [0.05, 0.1) is 16.5 Å². The zero-order valence-corrected chi connectivity index (χ0v) is 24.5. The predicted molar refractivity (Wildman–Crippen MR) is 156 cm³/mol. The molecule has 0 aliphatic carbocycles. The van der Waals surface area contributed by atoms with Gasteiger partial charge in [0.25, 0.3) is 10.0 Å². The molecule has 3 heterocycles. The van der Waals surface area contributed by atoms with Crippen LogP contribution in [0.25, 0.3) is 11.3 Å². The van der Waals surface area contributed by atoms with Crippen LogP contribution in [0.4, 0.5) is 11.6 Å². The molecule has 9 nitrogen and oxygen atoms in total. The standard InChI is InChI=1S/C30H37N5O4S/c1-19-8-6-9-20(2)27(19)25-16-26-33-29(32-25)34-40(37,38)24-11-7-10-22(15-24)31-28(36)21-14-23(39-26)18-35(17-21)13-12-30(3,4)5/h6-11,15-16,21,23H,12-14,17-18H2,1-5H3,(H,31,36)(H,32,33,34)/t21-,23-/m0/s1. The van der Waals surface area contributed by atoms with Crippen molar-refractivity contribution in [2.75, 3.05) is 29.7 Å². The third-order valence-electron chi connectivity index (χ3n) is 7.40. The molecule has 2 N–H and O–H groups in total. The van der Waals surface area contributed by atoms with Crippen LogP contribution in [-0.4, -0.2) is 54.9 Å². The summed E-state index contributed by atoms with van der Waals surface area (Å²) >= 11 is 0. The van der Waals surface area contributed by atoms with Gasteiger partial charge in [0.15, 0.2) is 0 Å². The lowest BCUT2D eigenvalue weighted by Gasteiger charge is -2.38. The van der Waals surface area contributed by atoms with Gasteiger partial charge in [-0.1, -0.05) is 45.0 Å². The Balaban J connectivity index is 1.60.